The monoisotopic (exact) mass is 165 g/mol. The molecule has 0 heterocycles. The predicted molar refractivity (Wildman–Crippen MR) is 50.5 cm³/mol. The minimum Gasteiger partial charge on any atom is -0.198 e. The Morgan fingerprint density at radius 1 is 1.17 bits per heavy atom. The van der Waals surface area contributed by atoms with Crippen LogP contribution in [0, 0.1) is 29.1 Å². The molecule has 0 N–H and O–H groups in total. The second-order valence-corrected chi connectivity index (χ2v) is 4.34. The minimum atomic E-state index is 0.355. The molecule has 12 heavy (non-hydrogen) atoms. The maximum atomic E-state index is 8.79. The van der Waals surface area contributed by atoms with Gasteiger partial charge in [-0.3, -0.25) is 0 Å². The molecule has 0 spiro atoms. The van der Waals surface area contributed by atoms with E-state index in [2.05, 4.69) is 19.9 Å². The molecule has 1 aliphatic carbocycles. The van der Waals surface area contributed by atoms with Crippen molar-refractivity contribution in [3.63, 3.8) is 0 Å². The van der Waals surface area contributed by atoms with E-state index in [1.165, 1.54) is 19.3 Å². The Morgan fingerprint density at radius 3 is 2.50 bits per heavy atom. The van der Waals surface area contributed by atoms with Gasteiger partial charge < -0.3 is 0 Å². The maximum absolute atomic E-state index is 8.79. The van der Waals surface area contributed by atoms with Gasteiger partial charge in [-0.15, -0.1) is 0 Å². The molecule has 1 rings (SSSR count). The summed E-state index contributed by atoms with van der Waals surface area (Å²) in [5.41, 5.74) is 0. The Hall–Kier alpha value is -0.510. The minimum absolute atomic E-state index is 0.355. The summed E-state index contributed by atoms with van der Waals surface area (Å²) in [6.45, 7) is 4.61. The van der Waals surface area contributed by atoms with Crippen molar-refractivity contribution in [1.29, 1.82) is 5.26 Å². The molecule has 68 valence electrons. The Labute approximate surface area is 75.8 Å². The van der Waals surface area contributed by atoms with Crippen LogP contribution in [0.1, 0.15) is 46.0 Å². The van der Waals surface area contributed by atoms with Crippen LogP contribution in [0.3, 0.4) is 0 Å². The van der Waals surface area contributed by atoms with Gasteiger partial charge in [0, 0.05) is 5.92 Å². The second-order valence-electron chi connectivity index (χ2n) is 4.34. The summed E-state index contributed by atoms with van der Waals surface area (Å²) in [6.07, 6.45) is 6.16. The SMILES string of the molecule is CC(C)C1CCCC(C#N)CC1. The van der Waals surface area contributed by atoms with Crippen LogP contribution in [0.2, 0.25) is 0 Å². The van der Waals surface area contributed by atoms with E-state index < -0.39 is 0 Å². The summed E-state index contributed by atoms with van der Waals surface area (Å²) in [5.74, 6) is 2.04. The van der Waals surface area contributed by atoms with Crippen molar-refractivity contribution in [3.05, 3.63) is 0 Å². The summed E-state index contributed by atoms with van der Waals surface area (Å²) < 4.78 is 0. The van der Waals surface area contributed by atoms with E-state index in [0.717, 1.165) is 24.7 Å². The average Bonchev–Trinajstić information content (AvgIpc) is 2.28. The van der Waals surface area contributed by atoms with Gasteiger partial charge in [-0.25, -0.2) is 0 Å². The molecule has 2 unspecified atom stereocenters. The third-order valence-electron chi connectivity index (χ3n) is 3.14. The zero-order valence-corrected chi connectivity index (χ0v) is 8.21. The predicted octanol–water partition coefficient (Wildman–Crippen LogP) is 3.36. The summed E-state index contributed by atoms with van der Waals surface area (Å²) >= 11 is 0. The van der Waals surface area contributed by atoms with E-state index in [-0.39, 0.29) is 0 Å². The van der Waals surface area contributed by atoms with Crippen molar-refractivity contribution in [2.75, 3.05) is 0 Å². The molecule has 0 aromatic heterocycles. The van der Waals surface area contributed by atoms with E-state index in [4.69, 9.17) is 5.26 Å². The molecule has 1 nitrogen and oxygen atoms in total. The first-order valence-corrected chi connectivity index (χ1v) is 5.13. The van der Waals surface area contributed by atoms with Crippen molar-refractivity contribution in [2.45, 2.75) is 46.0 Å². The van der Waals surface area contributed by atoms with Crippen LogP contribution in [0.5, 0.6) is 0 Å². The number of rotatable bonds is 1. The fourth-order valence-electron chi connectivity index (χ4n) is 2.13. The highest BCUT2D eigenvalue weighted by atomic mass is 14.3. The van der Waals surface area contributed by atoms with Gasteiger partial charge in [-0.05, 0) is 31.1 Å². The average molecular weight is 165 g/mol. The largest absolute Gasteiger partial charge is 0.198 e. The lowest BCUT2D eigenvalue weighted by atomic mass is 9.88. The zero-order valence-electron chi connectivity index (χ0n) is 8.21. The maximum Gasteiger partial charge on any atom is 0.0655 e. The van der Waals surface area contributed by atoms with Crippen LogP contribution in [-0.2, 0) is 0 Å². The Balaban J connectivity index is 2.40. The van der Waals surface area contributed by atoms with Crippen LogP contribution >= 0.6 is 0 Å². The van der Waals surface area contributed by atoms with E-state index in [1.807, 2.05) is 0 Å². The standard InChI is InChI=1S/C11H19N/c1-9(2)11-5-3-4-10(8-12)6-7-11/h9-11H,3-7H2,1-2H3. The van der Waals surface area contributed by atoms with Crippen molar-refractivity contribution in [1.82, 2.24) is 0 Å². The molecule has 0 aromatic carbocycles. The first-order valence-electron chi connectivity index (χ1n) is 5.13. The van der Waals surface area contributed by atoms with Crippen molar-refractivity contribution >= 4 is 0 Å². The third kappa shape index (κ3) is 2.52. The van der Waals surface area contributed by atoms with Gasteiger partial charge >= 0.3 is 0 Å². The first-order chi connectivity index (χ1) is 5.74. The second kappa shape index (κ2) is 4.50. The molecule has 0 aliphatic heterocycles. The molecule has 1 saturated carbocycles. The lowest BCUT2D eigenvalue weighted by Gasteiger charge is -2.17. The fraction of sp³-hybridized carbons (Fsp3) is 0.909. The quantitative estimate of drug-likeness (QED) is 0.546. The van der Waals surface area contributed by atoms with Crippen LogP contribution in [-0.4, -0.2) is 0 Å². The lowest BCUT2D eigenvalue weighted by Crippen LogP contribution is -2.07. The van der Waals surface area contributed by atoms with Crippen LogP contribution in [0.4, 0.5) is 0 Å². The smallest absolute Gasteiger partial charge is 0.0655 e. The van der Waals surface area contributed by atoms with Gasteiger partial charge in [0.1, 0.15) is 0 Å². The van der Waals surface area contributed by atoms with Gasteiger partial charge in [0.25, 0.3) is 0 Å². The van der Waals surface area contributed by atoms with Gasteiger partial charge in [-0.1, -0.05) is 26.7 Å². The molecule has 0 bridgehead atoms. The van der Waals surface area contributed by atoms with E-state index >= 15 is 0 Å². The van der Waals surface area contributed by atoms with Gasteiger partial charge in [-0.2, -0.15) is 5.26 Å². The molecule has 0 aromatic rings. The van der Waals surface area contributed by atoms with Crippen molar-refractivity contribution in [3.8, 4) is 6.07 Å². The Kier molecular flexibility index (Phi) is 3.59. The summed E-state index contributed by atoms with van der Waals surface area (Å²) in [7, 11) is 0. The molecule has 0 saturated heterocycles. The third-order valence-corrected chi connectivity index (χ3v) is 3.14. The Bertz CT molecular complexity index is 166. The fourth-order valence-corrected chi connectivity index (χ4v) is 2.13. The molecular formula is C11H19N. The molecular weight excluding hydrogens is 146 g/mol. The molecule has 1 fully saturated rings. The highest BCUT2D eigenvalue weighted by Crippen LogP contribution is 2.31. The van der Waals surface area contributed by atoms with Crippen molar-refractivity contribution < 1.29 is 0 Å². The Morgan fingerprint density at radius 2 is 1.92 bits per heavy atom. The molecule has 0 amide bonds. The molecule has 1 aliphatic rings. The summed E-state index contributed by atoms with van der Waals surface area (Å²) in [5, 5.41) is 8.79. The number of hydrogen-bond donors (Lipinski definition) is 0. The number of hydrogen-bond acceptors (Lipinski definition) is 1. The van der Waals surface area contributed by atoms with E-state index in [0.29, 0.717) is 5.92 Å². The normalized spacial score (nSPS) is 31.2. The number of nitrogens with zero attached hydrogens (tertiary/aromatic N) is 1. The van der Waals surface area contributed by atoms with Gasteiger partial charge in [0.05, 0.1) is 6.07 Å². The van der Waals surface area contributed by atoms with Crippen LogP contribution < -0.4 is 0 Å². The molecule has 2 atom stereocenters. The highest BCUT2D eigenvalue weighted by Gasteiger charge is 2.20. The van der Waals surface area contributed by atoms with Crippen LogP contribution in [0.15, 0.2) is 0 Å². The summed E-state index contributed by atoms with van der Waals surface area (Å²) in [4.78, 5) is 0. The zero-order chi connectivity index (χ0) is 8.97. The first kappa shape index (κ1) is 9.58. The topological polar surface area (TPSA) is 23.8 Å². The lowest BCUT2D eigenvalue weighted by molar-refractivity contribution is 0.340. The highest BCUT2D eigenvalue weighted by molar-refractivity contribution is 4.85. The van der Waals surface area contributed by atoms with Gasteiger partial charge in [0.2, 0.25) is 0 Å². The van der Waals surface area contributed by atoms with Crippen molar-refractivity contribution in [2.24, 2.45) is 17.8 Å². The summed E-state index contributed by atoms with van der Waals surface area (Å²) in [6, 6.07) is 2.40. The van der Waals surface area contributed by atoms with Crippen LogP contribution in [0.25, 0.3) is 0 Å². The van der Waals surface area contributed by atoms with E-state index in [1.54, 1.807) is 0 Å². The van der Waals surface area contributed by atoms with Gasteiger partial charge in [0.15, 0.2) is 0 Å². The van der Waals surface area contributed by atoms with E-state index in [9.17, 15) is 0 Å². The molecule has 0 radical (unpaired) electrons. The number of nitriles is 1. The molecule has 1 heteroatoms.